The number of imidazole rings is 1. The number of thioether (sulfide) groups is 1. The lowest BCUT2D eigenvalue weighted by atomic mass is 10.2. The van der Waals surface area contributed by atoms with Gasteiger partial charge in [0, 0.05) is 17.0 Å². The zero-order valence-electron chi connectivity index (χ0n) is 13.6. The molecule has 0 radical (unpaired) electrons. The Morgan fingerprint density at radius 2 is 1.92 bits per heavy atom. The van der Waals surface area contributed by atoms with Crippen molar-refractivity contribution in [2.24, 2.45) is 0 Å². The van der Waals surface area contributed by atoms with Crippen molar-refractivity contribution >= 4 is 28.7 Å². The minimum Gasteiger partial charge on any atom is -0.345 e. The summed E-state index contributed by atoms with van der Waals surface area (Å²) in [6.07, 6.45) is 0. The van der Waals surface area contributed by atoms with Crippen LogP contribution in [-0.2, 0) is 13.1 Å². The van der Waals surface area contributed by atoms with Crippen LogP contribution in [-0.4, -0.2) is 21.2 Å². The first-order valence-corrected chi connectivity index (χ1v) is 8.73. The number of carbonyl (C=O) groups is 1. The molecular weight excluding hydrogens is 344 g/mol. The Labute approximate surface area is 148 Å². The molecule has 0 atom stereocenters. The van der Waals surface area contributed by atoms with E-state index in [9.17, 15) is 13.6 Å². The monoisotopic (exact) mass is 361 g/mol. The molecule has 0 bridgehead atoms. The number of nitrogens with zero attached hydrogens (tertiary/aromatic N) is 2. The molecule has 3 aromatic rings. The molecule has 1 aromatic heterocycles. The van der Waals surface area contributed by atoms with Gasteiger partial charge in [-0.3, -0.25) is 4.79 Å². The maximum Gasteiger partial charge on any atom is 0.288 e. The van der Waals surface area contributed by atoms with Crippen LogP contribution in [0.25, 0.3) is 11.0 Å². The lowest BCUT2D eigenvalue weighted by Crippen LogP contribution is -2.24. The van der Waals surface area contributed by atoms with E-state index in [-0.39, 0.29) is 5.91 Å². The van der Waals surface area contributed by atoms with E-state index in [1.807, 2.05) is 31.2 Å². The Morgan fingerprint density at radius 1 is 1.20 bits per heavy atom. The molecule has 7 heteroatoms. The number of fused-ring (bicyclic) bond motifs is 1. The van der Waals surface area contributed by atoms with Crippen LogP contribution in [0.5, 0.6) is 0 Å². The van der Waals surface area contributed by atoms with E-state index in [4.69, 9.17) is 0 Å². The molecule has 0 aliphatic heterocycles. The second-order valence-corrected chi connectivity index (χ2v) is 6.41. The van der Waals surface area contributed by atoms with Crippen molar-refractivity contribution < 1.29 is 13.6 Å². The summed E-state index contributed by atoms with van der Waals surface area (Å²) >= 11 is 0.458. The third-order valence-corrected chi connectivity index (χ3v) is 4.52. The number of rotatable bonds is 6. The van der Waals surface area contributed by atoms with Gasteiger partial charge in [-0.25, -0.2) is 4.98 Å². The van der Waals surface area contributed by atoms with E-state index in [2.05, 4.69) is 14.9 Å². The zero-order chi connectivity index (χ0) is 17.8. The third kappa shape index (κ3) is 3.99. The maximum atomic E-state index is 12.3. The minimum absolute atomic E-state index is 0.261. The lowest BCUT2D eigenvalue weighted by Gasteiger charge is -2.08. The van der Waals surface area contributed by atoms with Gasteiger partial charge >= 0.3 is 0 Å². The number of alkyl halides is 2. The van der Waals surface area contributed by atoms with E-state index in [1.165, 1.54) is 12.1 Å². The molecule has 25 heavy (non-hydrogen) atoms. The smallest absolute Gasteiger partial charge is 0.288 e. The zero-order valence-corrected chi connectivity index (χ0v) is 14.4. The van der Waals surface area contributed by atoms with Gasteiger partial charge < -0.3 is 9.88 Å². The Hall–Kier alpha value is -2.41. The third-order valence-electron chi connectivity index (χ3n) is 3.80. The molecule has 1 heterocycles. The highest BCUT2D eigenvalue weighted by Crippen LogP contribution is 2.25. The van der Waals surface area contributed by atoms with Gasteiger partial charge in [0.25, 0.3) is 11.7 Å². The van der Waals surface area contributed by atoms with Crippen molar-refractivity contribution in [1.82, 2.24) is 14.9 Å². The predicted molar refractivity (Wildman–Crippen MR) is 94.9 cm³/mol. The molecule has 0 spiro atoms. The molecule has 1 amide bonds. The number of amides is 1. The fourth-order valence-electron chi connectivity index (χ4n) is 2.66. The van der Waals surface area contributed by atoms with E-state index >= 15 is 0 Å². The van der Waals surface area contributed by atoms with Gasteiger partial charge in [0.1, 0.15) is 5.82 Å². The molecule has 0 aliphatic rings. The first-order chi connectivity index (χ1) is 12.1. The Kier molecular flexibility index (Phi) is 5.33. The Bertz CT molecular complexity index is 878. The van der Waals surface area contributed by atoms with Crippen molar-refractivity contribution in [3.8, 4) is 0 Å². The Morgan fingerprint density at radius 3 is 2.60 bits per heavy atom. The quantitative estimate of drug-likeness (QED) is 0.666. The number of hydrogen-bond donors (Lipinski definition) is 1. The van der Waals surface area contributed by atoms with Crippen LogP contribution in [0, 0.1) is 0 Å². The van der Waals surface area contributed by atoms with Crippen LogP contribution in [0.3, 0.4) is 0 Å². The highest BCUT2D eigenvalue weighted by molar-refractivity contribution is 7.99. The summed E-state index contributed by atoms with van der Waals surface area (Å²) in [6.45, 7) is 3.08. The molecule has 0 unspecified atom stereocenters. The topological polar surface area (TPSA) is 46.9 Å². The number of benzene rings is 2. The van der Waals surface area contributed by atoms with Gasteiger partial charge in [0.15, 0.2) is 0 Å². The van der Waals surface area contributed by atoms with Gasteiger partial charge in [-0.05, 0) is 43.3 Å². The van der Waals surface area contributed by atoms with Crippen LogP contribution >= 0.6 is 11.8 Å². The summed E-state index contributed by atoms with van der Waals surface area (Å²) in [5.41, 5.74) is 2.35. The number of nitrogens with one attached hydrogen (secondary N) is 1. The first kappa shape index (κ1) is 17.4. The summed E-state index contributed by atoms with van der Waals surface area (Å²) in [6, 6.07) is 13.9. The number of para-hydroxylation sites is 2. The molecular formula is C18H17F2N3OS. The fraction of sp³-hybridized carbons (Fsp3) is 0.222. The van der Waals surface area contributed by atoms with Gasteiger partial charge in [-0.1, -0.05) is 23.9 Å². The van der Waals surface area contributed by atoms with E-state index in [0.29, 0.717) is 28.8 Å². The van der Waals surface area contributed by atoms with Crippen LogP contribution in [0.1, 0.15) is 23.1 Å². The minimum atomic E-state index is -2.47. The second kappa shape index (κ2) is 7.65. The second-order valence-electron chi connectivity index (χ2n) is 5.35. The number of halogens is 2. The number of hydrogen-bond acceptors (Lipinski definition) is 3. The molecule has 1 N–H and O–H groups in total. The van der Waals surface area contributed by atoms with E-state index in [1.54, 1.807) is 12.1 Å². The van der Waals surface area contributed by atoms with Gasteiger partial charge in [-0.15, -0.1) is 0 Å². The normalized spacial score (nSPS) is 11.2. The highest BCUT2D eigenvalue weighted by Gasteiger charge is 2.12. The molecule has 0 aliphatic carbocycles. The molecule has 0 saturated carbocycles. The molecule has 3 rings (SSSR count). The Balaban J connectivity index is 1.70. The number of aryl methyl sites for hydroxylation is 1. The summed E-state index contributed by atoms with van der Waals surface area (Å²) in [5, 5.41) is 2.83. The fourth-order valence-corrected chi connectivity index (χ4v) is 3.16. The molecule has 130 valence electrons. The summed E-state index contributed by atoms with van der Waals surface area (Å²) in [4.78, 5) is 17.3. The van der Waals surface area contributed by atoms with Crippen molar-refractivity contribution in [3.63, 3.8) is 0 Å². The lowest BCUT2D eigenvalue weighted by molar-refractivity contribution is 0.0949. The summed E-state index contributed by atoms with van der Waals surface area (Å²) < 4.78 is 26.7. The summed E-state index contributed by atoms with van der Waals surface area (Å²) in [7, 11) is 0. The van der Waals surface area contributed by atoms with Gasteiger partial charge in [0.2, 0.25) is 0 Å². The molecule has 4 nitrogen and oxygen atoms in total. The van der Waals surface area contributed by atoms with Crippen molar-refractivity contribution in [2.45, 2.75) is 30.7 Å². The largest absolute Gasteiger partial charge is 0.345 e. The van der Waals surface area contributed by atoms with Crippen LogP contribution in [0.4, 0.5) is 8.78 Å². The standard InChI is InChI=1S/C18H17F2N3OS/c1-2-23-15-6-4-3-5-14(15)22-16(23)11-21-17(24)12-7-9-13(10-8-12)25-18(19)20/h3-10,18H,2,11H2,1H3,(H,21,24). The van der Waals surface area contributed by atoms with Crippen molar-refractivity contribution in [3.05, 3.63) is 59.9 Å². The van der Waals surface area contributed by atoms with Crippen molar-refractivity contribution in [2.75, 3.05) is 0 Å². The van der Waals surface area contributed by atoms with Gasteiger partial charge in [0.05, 0.1) is 17.6 Å². The maximum absolute atomic E-state index is 12.3. The first-order valence-electron chi connectivity index (χ1n) is 7.85. The highest BCUT2D eigenvalue weighted by atomic mass is 32.2. The molecule has 0 saturated heterocycles. The predicted octanol–water partition coefficient (Wildman–Crippen LogP) is 4.30. The van der Waals surface area contributed by atoms with E-state index < -0.39 is 5.76 Å². The summed E-state index contributed by atoms with van der Waals surface area (Å²) in [5.74, 6) is -1.95. The molecule has 0 fully saturated rings. The van der Waals surface area contributed by atoms with Crippen LogP contribution < -0.4 is 5.32 Å². The van der Waals surface area contributed by atoms with Crippen LogP contribution in [0.15, 0.2) is 53.4 Å². The van der Waals surface area contributed by atoms with Gasteiger partial charge in [-0.2, -0.15) is 8.78 Å². The average Bonchev–Trinajstić information content (AvgIpc) is 2.97. The SMILES string of the molecule is CCn1c(CNC(=O)c2ccc(SC(F)F)cc2)nc2ccccc21. The number of aromatic nitrogens is 2. The van der Waals surface area contributed by atoms with Crippen LogP contribution in [0.2, 0.25) is 0 Å². The van der Waals surface area contributed by atoms with Crippen molar-refractivity contribution in [1.29, 1.82) is 0 Å². The van der Waals surface area contributed by atoms with E-state index in [0.717, 1.165) is 23.4 Å². The number of carbonyl (C=O) groups excluding carboxylic acids is 1. The average molecular weight is 361 g/mol. The molecule has 2 aromatic carbocycles.